The van der Waals surface area contributed by atoms with Gasteiger partial charge >= 0.3 is 0 Å². The normalized spacial score (nSPS) is 9.11. The Labute approximate surface area is 114 Å². The van der Waals surface area contributed by atoms with Crippen molar-refractivity contribution < 1.29 is 9.53 Å². The van der Waals surface area contributed by atoms with Crippen molar-refractivity contribution in [2.75, 3.05) is 20.2 Å². The molecule has 0 aliphatic rings. The summed E-state index contributed by atoms with van der Waals surface area (Å²) in [5.74, 6) is 2.62. The number of amides is 1. The van der Waals surface area contributed by atoms with Crippen molar-refractivity contribution in [1.29, 1.82) is 5.26 Å². The maximum atomic E-state index is 12.2. The van der Waals surface area contributed by atoms with Gasteiger partial charge in [-0.3, -0.25) is 4.79 Å². The van der Waals surface area contributed by atoms with Gasteiger partial charge in [-0.05, 0) is 34.1 Å². The first kappa shape index (κ1) is 14.1. The van der Waals surface area contributed by atoms with Gasteiger partial charge in [-0.2, -0.15) is 5.26 Å². The van der Waals surface area contributed by atoms with Crippen molar-refractivity contribution in [3.8, 4) is 24.2 Å². The molecule has 0 fully saturated rings. The highest BCUT2D eigenvalue weighted by Gasteiger charge is 2.18. The van der Waals surface area contributed by atoms with E-state index in [4.69, 9.17) is 16.4 Å². The number of terminal acetylenes is 1. The van der Waals surface area contributed by atoms with Gasteiger partial charge in [0.2, 0.25) is 0 Å². The van der Waals surface area contributed by atoms with Crippen LogP contribution in [0.3, 0.4) is 0 Å². The first-order valence-corrected chi connectivity index (χ1v) is 5.86. The van der Waals surface area contributed by atoms with Crippen LogP contribution in [0.5, 0.6) is 5.75 Å². The van der Waals surface area contributed by atoms with E-state index in [0.717, 1.165) is 0 Å². The molecule has 1 amide bonds. The number of nitrogens with zero attached hydrogens (tertiary/aromatic N) is 2. The van der Waals surface area contributed by atoms with Gasteiger partial charge in [0.1, 0.15) is 12.3 Å². The zero-order valence-electron chi connectivity index (χ0n) is 9.81. The number of methoxy groups -OCH3 is 1. The van der Waals surface area contributed by atoms with E-state index in [9.17, 15) is 4.79 Å². The molecule has 1 aromatic carbocycles. The maximum absolute atomic E-state index is 12.2. The first-order chi connectivity index (χ1) is 8.63. The molecule has 0 heterocycles. The summed E-state index contributed by atoms with van der Waals surface area (Å²) in [6.45, 7) is 0.0444. The van der Waals surface area contributed by atoms with Crippen LogP contribution >= 0.6 is 15.9 Å². The van der Waals surface area contributed by atoms with Crippen LogP contribution in [0.25, 0.3) is 0 Å². The molecule has 5 heteroatoms. The predicted molar refractivity (Wildman–Crippen MR) is 71.0 cm³/mol. The molecular weight excluding hydrogens is 296 g/mol. The fourth-order valence-corrected chi connectivity index (χ4v) is 1.78. The zero-order chi connectivity index (χ0) is 13.5. The zero-order valence-corrected chi connectivity index (χ0v) is 11.4. The SMILES string of the molecule is C#CCN(CC#N)C(=O)c1cc(OC)ccc1Br. The van der Waals surface area contributed by atoms with Gasteiger partial charge in [-0.25, -0.2) is 0 Å². The quantitative estimate of drug-likeness (QED) is 0.632. The number of rotatable bonds is 4. The lowest BCUT2D eigenvalue weighted by atomic mass is 10.2. The van der Waals surface area contributed by atoms with E-state index in [-0.39, 0.29) is 19.0 Å². The van der Waals surface area contributed by atoms with Crippen molar-refractivity contribution in [2.45, 2.75) is 0 Å². The van der Waals surface area contributed by atoms with E-state index < -0.39 is 0 Å². The fourth-order valence-electron chi connectivity index (χ4n) is 1.36. The number of carbonyl (C=O) groups excluding carboxylic acids is 1. The minimum atomic E-state index is -0.305. The Balaban J connectivity index is 3.08. The summed E-state index contributed by atoms with van der Waals surface area (Å²) in [4.78, 5) is 13.5. The van der Waals surface area contributed by atoms with Crippen LogP contribution in [0.15, 0.2) is 22.7 Å². The highest BCUT2D eigenvalue weighted by molar-refractivity contribution is 9.10. The third-order valence-electron chi connectivity index (χ3n) is 2.23. The lowest BCUT2D eigenvalue weighted by Crippen LogP contribution is -2.32. The Morgan fingerprint density at radius 2 is 2.28 bits per heavy atom. The molecule has 4 nitrogen and oxygen atoms in total. The lowest BCUT2D eigenvalue weighted by Gasteiger charge is -2.17. The molecule has 0 bridgehead atoms. The topological polar surface area (TPSA) is 53.3 Å². The summed E-state index contributed by atoms with van der Waals surface area (Å²) in [6.07, 6.45) is 5.18. The molecule has 0 aliphatic carbocycles. The molecule has 1 aromatic rings. The highest BCUT2D eigenvalue weighted by Crippen LogP contribution is 2.23. The summed E-state index contributed by atoms with van der Waals surface area (Å²) in [7, 11) is 1.52. The van der Waals surface area contributed by atoms with Crippen LogP contribution in [0.4, 0.5) is 0 Å². The van der Waals surface area contributed by atoms with E-state index >= 15 is 0 Å². The smallest absolute Gasteiger partial charge is 0.256 e. The van der Waals surface area contributed by atoms with Gasteiger partial charge in [0.25, 0.3) is 5.91 Å². The number of hydrogen-bond donors (Lipinski definition) is 0. The Kier molecular flexibility index (Phi) is 5.23. The van der Waals surface area contributed by atoms with Crippen LogP contribution in [0.1, 0.15) is 10.4 Å². The van der Waals surface area contributed by atoms with Gasteiger partial charge < -0.3 is 9.64 Å². The van der Waals surface area contributed by atoms with E-state index in [2.05, 4.69) is 21.9 Å². The van der Waals surface area contributed by atoms with Crippen LogP contribution in [-0.2, 0) is 0 Å². The number of hydrogen-bond acceptors (Lipinski definition) is 3. The highest BCUT2D eigenvalue weighted by atomic mass is 79.9. The number of halogens is 1. The average Bonchev–Trinajstić information content (AvgIpc) is 2.38. The first-order valence-electron chi connectivity index (χ1n) is 5.07. The Morgan fingerprint density at radius 3 is 2.83 bits per heavy atom. The number of ether oxygens (including phenoxy) is 1. The number of nitriles is 1. The second-order valence-electron chi connectivity index (χ2n) is 3.37. The predicted octanol–water partition coefficient (Wildman–Crippen LogP) is 2.06. The monoisotopic (exact) mass is 306 g/mol. The largest absolute Gasteiger partial charge is 0.497 e. The van der Waals surface area contributed by atoms with Crippen LogP contribution in [-0.4, -0.2) is 31.0 Å². The van der Waals surface area contributed by atoms with Crippen molar-refractivity contribution >= 4 is 21.8 Å². The molecule has 0 radical (unpaired) electrons. The third kappa shape index (κ3) is 3.26. The summed E-state index contributed by atoms with van der Waals surface area (Å²) < 4.78 is 5.70. The van der Waals surface area contributed by atoms with Crippen molar-refractivity contribution in [1.82, 2.24) is 4.90 Å². The van der Waals surface area contributed by atoms with Gasteiger partial charge in [-0.1, -0.05) is 5.92 Å². The molecule has 1 rings (SSSR count). The third-order valence-corrected chi connectivity index (χ3v) is 2.93. The van der Waals surface area contributed by atoms with Gasteiger partial charge in [0, 0.05) is 4.47 Å². The molecule has 0 saturated carbocycles. The summed E-state index contributed by atoms with van der Waals surface area (Å²) in [5, 5.41) is 8.68. The Hall–Kier alpha value is -1.98. The fraction of sp³-hybridized carbons (Fsp3) is 0.231. The second-order valence-corrected chi connectivity index (χ2v) is 4.22. The van der Waals surface area contributed by atoms with Gasteiger partial charge in [0.15, 0.2) is 0 Å². The van der Waals surface area contributed by atoms with E-state index in [0.29, 0.717) is 15.8 Å². The van der Waals surface area contributed by atoms with Crippen LogP contribution < -0.4 is 4.74 Å². The molecule has 0 aromatic heterocycles. The van der Waals surface area contributed by atoms with E-state index in [1.165, 1.54) is 12.0 Å². The molecule has 0 spiro atoms. The molecule has 0 unspecified atom stereocenters. The average molecular weight is 307 g/mol. The van der Waals surface area contributed by atoms with Gasteiger partial charge in [-0.15, -0.1) is 6.42 Å². The molecular formula is C13H11BrN2O2. The summed E-state index contributed by atoms with van der Waals surface area (Å²) in [6, 6.07) is 6.97. The van der Waals surface area contributed by atoms with E-state index in [1.54, 1.807) is 18.2 Å². The molecule has 0 atom stereocenters. The van der Waals surface area contributed by atoms with Gasteiger partial charge in [0.05, 0.1) is 25.3 Å². The van der Waals surface area contributed by atoms with Crippen molar-refractivity contribution in [2.24, 2.45) is 0 Å². The molecule has 0 saturated heterocycles. The van der Waals surface area contributed by atoms with Crippen molar-refractivity contribution in [3.63, 3.8) is 0 Å². The maximum Gasteiger partial charge on any atom is 0.256 e. The minimum Gasteiger partial charge on any atom is -0.497 e. The minimum absolute atomic E-state index is 0.0489. The van der Waals surface area contributed by atoms with Crippen LogP contribution in [0.2, 0.25) is 0 Å². The molecule has 0 aliphatic heterocycles. The lowest BCUT2D eigenvalue weighted by molar-refractivity contribution is 0.0794. The number of carbonyl (C=O) groups is 1. The van der Waals surface area contributed by atoms with E-state index in [1.807, 2.05) is 6.07 Å². The molecule has 92 valence electrons. The second kappa shape index (κ2) is 6.68. The standard InChI is InChI=1S/C13H11BrN2O2/c1-3-7-16(8-6-15)13(17)11-9-10(18-2)4-5-12(11)14/h1,4-5,9H,7-8H2,2H3. The number of benzene rings is 1. The Morgan fingerprint density at radius 1 is 1.56 bits per heavy atom. The van der Waals surface area contributed by atoms with Crippen molar-refractivity contribution in [3.05, 3.63) is 28.2 Å². The molecule has 0 N–H and O–H groups in total. The summed E-state index contributed by atoms with van der Waals surface area (Å²) >= 11 is 3.29. The summed E-state index contributed by atoms with van der Waals surface area (Å²) in [5.41, 5.74) is 0.417. The molecule has 18 heavy (non-hydrogen) atoms. The Bertz CT molecular complexity index is 513. The van der Waals surface area contributed by atoms with Crippen LogP contribution in [0, 0.1) is 23.7 Å².